The van der Waals surface area contributed by atoms with Crippen molar-refractivity contribution in [2.24, 2.45) is 5.41 Å². The van der Waals surface area contributed by atoms with Gasteiger partial charge in [0.1, 0.15) is 6.17 Å². The molecule has 3 unspecified atom stereocenters. The summed E-state index contributed by atoms with van der Waals surface area (Å²) in [5, 5.41) is 22.4. The summed E-state index contributed by atoms with van der Waals surface area (Å²) >= 11 is 0. The molecule has 0 saturated carbocycles. The fraction of sp³-hybridized carbons (Fsp3) is 0.583. The van der Waals surface area contributed by atoms with E-state index in [4.69, 9.17) is 5.11 Å². The maximum absolute atomic E-state index is 9.13. The van der Waals surface area contributed by atoms with E-state index in [1.165, 1.54) is 5.70 Å². The topological polar surface area (TPSA) is 71.6 Å². The molecule has 1 heterocycles. The van der Waals surface area contributed by atoms with Gasteiger partial charge in [0.25, 0.3) is 0 Å². The molecule has 6 nitrogen and oxygen atoms in total. The van der Waals surface area contributed by atoms with Crippen molar-refractivity contribution in [1.29, 1.82) is 0 Å². The van der Waals surface area contributed by atoms with Crippen LogP contribution in [0.15, 0.2) is 60.1 Å². The normalized spacial score (nSPS) is 20.8. The number of hydrogen-bond acceptors (Lipinski definition) is 6. The van der Waals surface area contributed by atoms with Gasteiger partial charge in [0, 0.05) is 48.6 Å². The Hall–Kier alpha value is -2.02. The van der Waals surface area contributed by atoms with Crippen molar-refractivity contribution in [2.75, 3.05) is 34.3 Å². The quantitative estimate of drug-likeness (QED) is 0.314. The smallest absolute Gasteiger partial charge is 0.107 e. The van der Waals surface area contributed by atoms with Crippen LogP contribution in [0.5, 0.6) is 0 Å². The molecule has 0 aromatic heterocycles. The first-order chi connectivity index (χ1) is 14.2. The number of aliphatic hydroxyl groups excluding tert-OH is 1. The highest BCUT2D eigenvalue weighted by Gasteiger charge is 2.36. The Morgan fingerprint density at radius 1 is 1.20 bits per heavy atom. The predicted octanol–water partition coefficient (Wildman–Crippen LogP) is 2.46. The molecule has 0 aromatic carbocycles. The molecule has 3 atom stereocenters. The highest BCUT2D eigenvalue weighted by molar-refractivity contribution is 5.30. The Morgan fingerprint density at radius 3 is 2.40 bits per heavy atom. The van der Waals surface area contributed by atoms with Crippen molar-refractivity contribution in [3.63, 3.8) is 0 Å². The van der Waals surface area contributed by atoms with Gasteiger partial charge in [-0.2, -0.15) is 0 Å². The predicted molar refractivity (Wildman–Crippen MR) is 129 cm³/mol. The first kappa shape index (κ1) is 26.0. The molecule has 1 aliphatic rings. The molecule has 30 heavy (non-hydrogen) atoms. The van der Waals surface area contributed by atoms with Gasteiger partial charge in [-0.15, -0.1) is 0 Å². The Bertz CT molecular complexity index is 663. The van der Waals surface area contributed by atoms with Gasteiger partial charge < -0.3 is 26.0 Å². The first-order valence-corrected chi connectivity index (χ1v) is 10.8. The van der Waals surface area contributed by atoms with E-state index in [0.29, 0.717) is 0 Å². The molecule has 0 aromatic rings. The van der Waals surface area contributed by atoms with Crippen LogP contribution >= 0.6 is 0 Å². The van der Waals surface area contributed by atoms with E-state index < -0.39 is 0 Å². The van der Waals surface area contributed by atoms with Crippen LogP contribution in [0.3, 0.4) is 0 Å². The summed E-state index contributed by atoms with van der Waals surface area (Å²) < 4.78 is 0. The maximum atomic E-state index is 9.13. The minimum atomic E-state index is 0.0658. The second kappa shape index (κ2) is 12.6. The number of allylic oxidation sites excluding steroid dienone is 3. The maximum Gasteiger partial charge on any atom is 0.107 e. The van der Waals surface area contributed by atoms with Gasteiger partial charge in [0.05, 0.1) is 6.61 Å². The lowest BCUT2D eigenvalue weighted by Gasteiger charge is -2.33. The third kappa shape index (κ3) is 7.35. The zero-order valence-electron chi connectivity index (χ0n) is 19.9. The van der Waals surface area contributed by atoms with Crippen LogP contribution in [-0.4, -0.2) is 62.6 Å². The molecule has 0 radical (unpaired) electrons. The summed E-state index contributed by atoms with van der Waals surface area (Å²) in [5.41, 5.74) is 3.37. The average molecular weight is 418 g/mol. The van der Waals surface area contributed by atoms with Gasteiger partial charge in [-0.25, -0.2) is 0 Å². The lowest BCUT2D eigenvalue weighted by Crippen LogP contribution is -2.43. The number of nitrogens with one attached hydrogen (secondary N) is 4. The van der Waals surface area contributed by atoms with Crippen molar-refractivity contribution in [1.82, 2.24) is 26.2 Å². The number of aliphatic hydroxyl groups is 1. The average Bonchev–Trinajstić information content (AvgIpc) is 2.99. The molecule has 0 spiro atoms. The van der Waals surface area contributed by atoms with E-state index >= 15 is 0 Å². The highest BCUT2D eigenvalue weighted by atomic mass is 16.3. The van der Waals surface area contributed by atoms with E-state index in [0.717, 1.165) is 24.1 Å². The van der Waals surface area contributed by atoms with Crippen LogP contribution < -0.4 is 21.3 Å². The van der Waals surface area contributed by atoms with Crippen molar-refractivity contribution in [3.05, 3.63) is 60.1 Å². The molecule has 1 fully saturated rings. The Balaban J connectivity index is 2.86. The SMILES string of the molecule is C=C1N(C(NC)C(=C\NC)/C=C/C=C\C(NC)C(C)N/C=C(\C)CO)CCC1(C)C. The first-order valence-electron chi connectivity index (χ1n) is 10.8. The molecular formula is C24H43N5O. The minimum absolute atomic E-state index is 0.0658. The van der Waals surface area contributed by atoms with Crippen LogP contribution in [0.1, 0.15) is 34.1 Å². The second-order valence-corrected chi connectivity index (χ2v) is 8.56. The van der Waals surface area contributed by atoms with Crippen LogP contribution in [0.2, 0.25) is 0 Å². The Kier molecular flexibility index (Phi) is 10.9. The van der Waals surface area contributed by atoms with E-state index in [-0.39, 0.29) is 30.3 Å². The third-order valence-electron chi connectivity index (χ3n) is 5.75. The summed E-state index contributed by atoms with van der Waals surface area (Å²) in [7, 11) is 5.86. The fourth-order valence-corrected chi connectivity index (χ4v) is 3.53. The molecule has 1 aliphatic heterocycles. The van der Waals surface area contributed by atoms with Crippen LogP contribution in [-0.2, 0) is 0 Å². The molecule has 0 aliphatic carbocycles. The van der Waals surface area contributed by atoms with E-state index in [2.05, 4.69) is 77.8 Å². The number of hydrogen-bond donors (Lipinski definition) is 5. The fourth-order valence-electron chi connectivity index (χ4n) is 3.53. The van der Waals surface area contributed by atoms with Crippen LogP contribution in [0.4, 0.5) is 0 Å². The zero-order valence-corrected chi connectivity index (χ0v) is 19.9. The van der Waals surface area contributed by atoms with Crippen molar-refractivity contribution in [2.45, 2.75) is 52.4 Å². The Morgan fingerprint density at radius 2 is 1.90 bits per heavy atom. The highest BCUT2D eigenvalue weighted by Crippen LogP contribution is 2.39. The minimum Gasteiger partial charge on any atom is -0.394 e. The number of likely N-dealkylation sites (tertiary alicyclic amines) is 1. The van der Waals surface area contributed by atoms with Crippen molar-refractivity contribution < 1.29 is 5.11 Å². The number of likely N-dealkylation sites (N-methyl/N-ethyl adjacent to an activating group) is 2. The molecule has 0 bridgehead atoms. The van der Waals surface area contributed by atoms with Gasteiger partial charge in [0.2, 0.25) is 0 Å². The molecule has 1 rings (SSSR count). The molecule has 0 amide bonds. The summed E-state index contributed by atoms with van der Waals surface area (Å²) in [4.78, 5) is 2.36. The van der Waals surface area contributed by atoms with Crippen molar-refractivity contribution in [3.8, 4) is 0 Å². The molecule has 5 N–H and O–H groups in total. The lowest BCUT2D eigenvalue weighted by molar-refractivity contribution is 0.282. The van der Waals surface area contributed by atoms with Crippen molar-refractivity contribution >= 4 is 0 Å². The largest absolute Gasteiger partial charge is 0.394 e. The molecule has 1 saturated heterocycles. The van der Waals surface area contributed by atoms with Crippen LogP contribution in [0.25, 0.3) is 0 Å². The Labute approximate surface area is 183 Å². The van der Waals surface area contributed by atoms with Gasteiger partial charge in [0.15, 0.2) is 0 Å². The number of rotatable bonds is 12. The second-order valence-electron chi connectivity index (χ2n) is 8.56. The molecular weight excluding hydrogens is 374 g/mol. The van der Waals surface area contributed by atoms with Gasteiger partial charge in [-0.05, 0) is 46.1 Å². The van der Waals surface area contributed by atoms with Crippen LogP contribution in [0, 0.1) is 5.41 Å². The lowest BCUT2D eigenvalue weighted by atomic mass is 9.90. The van der Waals surface area contributed by atoms with Gasteiger partial charge in [-0.1, -0.05) is 44.7 Å². The van der Waals surface area contributed by atoms with E-state index in [9.17, 15) is 0 Å². The van der Waals surface area contributed by atoms with E-state index in [1.54, 1.807) is 0 Å². The summed E-state index contributed by atoms with van der Waals surface area (Å²) in [6.07, 6.45) is 13.5. The summed E-state index contributed by atoms with van der Waals surface area (Å²) in [5.74, 6) is 0. The monoisotopic (exact) mass is 417 g/mol. The molecule has 170 valence electrons. The summed E-state index contributed by atoms with van der Waals surface area (Å²) in [6.45, 7) is 13.9. The zero-order chi connectivity index (χ0) is 22.7. The summed E-state index contributed by atoms with van der Waals surface area (Å²) in [6, 6.07) is 0.349. The van der Waals surface area contributed by atoms with Gasteiger partial charge >= 0.3 is 0 Å². The standard InChI is InChI=1S/C24H43N5O/c1-18(17-30)15-28-19(2)22(26-7)12-10-9-11-21(16-25-6)23(27-8)29-14-13-24(4,5)20(29)3/h9-12,15-16,19,22-23,25-28,30H,3,13-14,17H2,1-2,4-8H3/b11-9+,12-10-,18-15+,21-16-. The van der Waals surface area contributed by atoms with Gasteiger partial charge in [-0.3, -0.25) is 5.32 Å². The molecule has 6 heteroatoms. The third-order valence-corrected chi connectivity index (χ3v) is 5.75. The van der Waals surface area contributed by atoms with E-state index in [1.807, 2.05) is 40.5 Å². The number of nitrogens with zero attached hydrogens (tertiary/aromatic N) is 1.